The molecule has 4 heterocycles. The summed E-state index contributed by atoms with van der Waals surface area (Å²) in [6.07, 6.45) is 6.19. The van der Waals surface area contributed by atoms with Crippen molar-refractivity contribution in [2.75, 3.05) is 11.9 Å². The third kappa shape index (κ3) is 4.06. The topological polar surface area (TPSA) is 94.7 Å². The summed E-state index contributed by atoms with van der Waals surface area (Å²) in [5.41, 5.74) is 0.293. The molecule has 3 aromatic rings. The number of phenolic OH excluding ortho intramolecular Hbond substituents is 1. The predicted molar refractivity (Wildman–Crippen MR) is 135 cm³/mol. The van der Waals surface area contributed by atoms with E-state index in [1.54, 1.807) is 30.4 Å². The normalized spacial score (nSPS) is 26.1. The lowest BCUT2D eigenvalue weighted by Gasteiger charge is -2.59. The summed E-state index contributed by atoms with van der Waals surface area (Å²) in [4.78, 5) is 14.0. The van der Waals surface area contributed by atoms with Crippen LogP contribution in [0.25, 0.3) is 22.4 Å². The molecule has 0 radical (unpaired) electrons. The van der Waals surface area contributed by atoms with Gasteiger partial charge in [-0.15, -0.1) is 10.2 Å². The van der Waals surface area contributed by atoms with E-state index in [1.165, 1.54) is 22.8 Å². The van der Waals surface area contributed by atoms with Crippen molar-refractivity contribution in [2.45, 2.75) is 63.1 Å². The highest BCUT2D eigenvalue weighted by Crippen LogP contribution is 2.48. The molecule has 1 aromatic carbocycles. The van der Waals surface area contributed by atoms with Gasteiger partial charge in [-0.2, -0.15) is 5.06 Å². The van der Waals surface area contributed by atoms with E-state index < -0.39 is 5.82 Å². The van der Waals surface area contributed by atoms with Gasteiger partial charge >= 0.3 is 0 Å². The molecule has 9 heteroatoms. The molecule has 2 aliphatic heterocycles. The largest absolute Gasteiger partial charge is 0.507 e. The van der Waals surface area contributed by atoms with Gasteiger partial charge in [-0.1, -0.05) is 0 Å². The van der Waals surface area contributed by atoms with E-state index >= 15 is 0 Å². The number of aromatic nitrogens is 3. The third-order valence-electron chi connectivity index (χ3n) is 8.14. The number of phenols is 1. The molecule has 0 saturated carbocycles. The van der Waals surface area contributed by atoms with Crippen LogP contribution in [0, 0.1) is 5.82 Å². The predicted octanol–water partition coefficient (Wildman–Crippen LogP) is 4.35. The van der Waals surface area contributed by atoms with E-state index in [0.717, 1.165) is 32.1 Å². The Labute approximate surface area is 209 Å². The van der Waals surface area contributed by atoms with Gasteiger partial charge in [0.25, 0.3) is 5.56 Å². The molecule has 2 aromatic heterocycles. The Morgan fingerprint density at radius 3 is 2.36 bits per heavy atom. The Hall–Kier alpha value is -3.30. The fourth-order valence-corrected chi connectivity index (χ4v) is 6.00. The molecule has 5 rings (SSSR count). The summed E-state index contributed by atoms with van der Waals surface area (Å²) < 4.78 is 16.4. The minimum atomic E-state index is -0.567. The number of aromatic hydroxyl groups is 1. The van der Waals surface area contributed by atoms with Gasteiger partial charge in [-0.25, -0.2) is 4.39 Å². The van der Waals surface area contributed by atoms with Crippen LogP contribution in [0.15, 0.2) is 47.4 Å². The highest BCUT2D eigenvalue weighted by Gasteiger charge is 2.53. The number of benzene rings is 1. The van der Waals surface area contributed by atoms with Crippen LogP contribution in [-0.4, -0.2) is 54.3 Å². The quantitative estimate of drug-likeness (QED) is 0.558. The molecular formula is C27H32FN5O3. The summed E-state index contributed by atoms with van der Waals surface area (Å²) in [5, 5.41) is 31.7. The van der Waals surface area contributed by atoms with Gasteiger partial charge in [0.15, 0.2) is 5.82 Å². The first kappa shape index (κ1) is 24.4. The Bertz CT molecular complexity index is 1340. The molecule has 2 saturated heterocycles. The van der Waals surface area contributed by atoms with Crippen LogP contribution in [0.2, 0.25) is 0 Å². The van der Waals surface area contributed by atoms with Crippen molar-refractivity contribution in [3.8, 4) is 28.1 Å². The lowest BCUT2D eigenvalue weighted by molar-refractivity contribution is -0.273. The summed E-state index contributed by atoms with van der Waals surface area (Å²) in [7, 11) is 3.60. The van der Waals surface area contributed by atoms with E-state index in [1.807, 2.05) is 13.1 Å². The van der Waals surface area contributed by atoms with Crippen LogP contribution in [0.4, 0.5) is 10.2 Å². The molecule has 8 nitrogen and oxygen atoms in total. The fourth-order valence-electron chi connectivity index (χ4n) is 6.00. The number of hydroxylamine groups is 2. The molecule has 0 aliphatic carbocycles. The first-order valence-electron chi connectivity index (χ1n) is 12.3. The van der Waals surface area contributed by atoms with Crippen molar-refractivity contribution in [1.29, 1.82) is 0 Å². The smallest absolute Gasteiger partial charge is 0.250 e. The molecule has 0 spiro atoms. The minimum Gasteiger partial charge on any atom is -0.507 e. The number of nitrogens with zero attached hydrogens (tertiary/aromatic N) is 5. The number of anilines is 1. The van der Waals surface area contributed by atoms with Crippen LogP contribution in [0.5, 0.6) is 5.75 Å². The molecule has 36 heavy (non-hydrogen) atoms. The zero-order chi connectivity index (χ0) is 25.8. The van der Waals surface area contributed by atoms with Crippen molar-refractivity contribution in [3.05, 3.63) is 58.8 Å². The molecule has 2 N–H and O–H groups in total. The molecule has 0 amide bonds. The molecule has 2 aliphatic rings. The first-order chi connectivity index (χ1) is 17.0. The van der Waals surface area contributed by atoms with Gasteiger partial charge in [-0.3, -0.25) is 4.79 Å². The number of fused-ring (bicyclic) bond motifs is 2. The van der Waals surface area contributed by atoms with Gasteiger partial charge in [0.05, 0.1) is 5.69 Å². The van der Waals surface area contributed by atoms with Crippen molar-refractivity contribution < 1.29 is 14.7 Å². The number of rotatable bonds is 4. The van der Waals surface area contributed by atoms with E-state index in [9.17, 15) is 19.5 Å². The van der Waals surface area contributed by atoms with Crippen molar-refractivity contribution in [3.63, 3.8) is 0 Å². The summed E-state index contributed by atoms with van der Waals surface area (Å²) >= 11 is 0. The number of hydrogen-bond donors (Lipinski definition) is 2. The summed E-state index contributed by atoms with van der Waals surface area (Å²) in [5.74, 6) is -0.0357. The van der Waals surface area contributed by atoms with Crippen molar-refractivity contribution in [1.82, 2.24) is 19.8 Å². The maximum absolute atomic E-state index is 15.0. The van der Waals surface area contributed by atoms with Crippen molar-refractivity contribution in [2.24, 2.45) is 7.05 Å². The monoisotopic (exact) mass is 493 g/mol. The number of halogens is 1. The Kier molecular flexibility index (Phi) is 5.88. The first-order valence-corrected chi connectivity index (χ1v) is 12.3. The standard InChI is InChI=1S/C27H32FN5O3/c1-26-9-5-10-27(2,33(26)36)16-18(15-26)32(4)24-7-6-22(29-30-24)20-13-21(28)19(14-23(20)34)17-8-11-31(3)25(35)12-17/h6-8,11-14,18,34,36H,5,9-10,15-16H2,1-4H3/t18?,26-,27+. The average Bonchev–Trinajstić information content (AvgIpc) is 2.84. The van der Waals surface area contributed by atoms with E-state index in [-0.39, 0.29) is 39.6 Å². The Morgan fingerprint density at radius 1 is 1.06 bits per heavy atom. The van der Waals surface area contributed by atoms with Gasteiger partial charge in [0.2, 0.25) is 0 Å². The second kappa shape index (κ2) is 8.67. The van der Waals surface area contributed by atoms with Gasteiger partial charge < -0.3 is 19.8 Å². The molecule has 1 unspecified atom stereocenters. The van der Waals surface area contributed by atoms with Crippen LogP contribution < -0.4 is 10.5 Å². The second-order valence-electron chi connectivity index (χ2n) is 10.8. The second-order valence-corrected chi connectivity index (χ2v) is 10.8. The Balaban J connectivity index is 1.39. The van der Waals surface area contributed by atoms with Gasteiger partial charge in [-0.05, 0) is 81.8 Å². The van der Waals surface area contributed by atoms with Crippen LogP contribution in [-0.2, 0) is 7.05 Å². The maximum Gasteiger partial charge on any atom is 0.250 e. The highest BCUT2D eigenvalue weighted by molar-refractivity contribution is 5.74. The van der Waals surface area contributed by atoms with Crippen LogP contribution in [0.1, 0.15) is 46.0 Å². The fraction of sp³-hybridized carbons (Fsp3) is 0.444. The zero-order valence-corrected chi connectivity index (χ0v) is 21.1. The molecular weight excluding hydrogens is 461 g/mol. The number of piperidine rings is 2. The lowest BCUT2D eigenvalue weighted by Crippen LogP contribution is -2.67. The Morgan fingerprint density at radius 2 is 1.75 bits per heavy atom. The van der Waals surface area contributed by atoms with E-state index in [0.29, 0.717) is 17.1 Å². The van der Waals surface area contributed by atoms with Gasteiger partial charge in [0.1, 0.15) is 11.6 Å². The molecule has 2 fully saturated rings. The number of pyridine rings is 1. The molecule has 2 bridgehead atoms. The summed E-state index contributed by atoms with van der Waals surface area (Å²) in [6.45, 7) is 4.24. The number of hydrogen-bond acceptors (Lipinski definition) is 7. The lowest BCUT2D eigenvalue weighted by atomic mass is 9.68. The van der Waals surface area contributed by atoms with Gasteiger partial charge in [0, 0.05) is 54.6 Å². The minimum absolute atomic E-state index is 0.140. The SMILES string of the molecule is CN(c1ccc(-c2cc(F)c(-c3ccn(C)c(=O)c3)cc2O)nn1)C1C[C@]2(C)CCC[C@](C)(C1)N2O. The van der Waals surface area contributed by atoms with Crippen LogP contribution >= 0.6 is 0 Å². The van der Waals surface area contributed by atoms with E-state index in [4.69, 9.17) is 0 Å². The van der Waals surface area contributed by atoms with Crippen molar-refractivity contribution >= 4 is 5.82 Å². The van der Waals surface area contributed by atoms with Crippen LogP contribution in [0.3, 0.4) is 0 Å². The highest BCUT2D eigenvalue weighted by atomic mass is 19.1. The average molecular weight is 494 g/mol. The van der Waals surface area contributed by atoms with E-state index in [2.05, 4.69) is 28.9 Å². The maximum atomic E-state index is 15.0. The zero-order valence-electron chi connectivity index (χ0n) is 21.1. The molecule has 190 valence electrons. The number of aryl methyl sites for hydroxylation is 1. The summed E-state index contributed by atoms with van der Waals surface area (Å²) in [6, 6.07) is 9.21. The third-order valence-corrected chi connectivity index (χ3v) is 8.14. The molecule has 3 atom stereocenters.